The number of hydrogen-bond donors (Lipinski definition) is 1. The predicted octanol–water partition coefficient (Wildman–Crippen LogP) is 2.92. The molecule has 13 heavy (non-hydrogen) atoms. The van der Waals surface area contributed by atoms with Crippen LogP contribution in [-0.4, -0.2) is 5.21 Å². The molecule has 0 aliphatic rings. The molecule has 1 aromatic carbocycles. The lowest BCUT2D eigenvalue weighted by atomic mass is 10.1. The van der Waals surface area contributed by atoms with Gasteiger partial charge in [0.05, 0.1) is 0 Å². The van der Waals surface area contributed by atoms with Crippen LogP contribution in [0.3, 0.4) is 0 Å². The molecule has 72 valence electrons. The third-order valence-corrected chi connectivity index (χ3v) is 2.21. The van der Waals surface area contributed by atoms with Crippen LogP contribution in [0.25, 0.3) is 0 Å². The molecule has 0 spiro atoms. The van der Waals surface area contributed by atoms with Crippen LogP contribution >= 0.6 is 23.0 Å². The van der Waals surface area contributed by atoms with E-state index in [0.29, 0.717) is 5.23 Å². The molecule has 0 radical (unpaired) electrons. The van der Waals surface area contributed by atoms with Crippen molar-refractivity contribution in [3.8, 4) is 0 Å². The second-order valence-corrected chi connectivity index (χ2v) is 3.12. The van der Waals surface area contributed by atoms with Gasteiger partial charge in [-0.3, -0.25) is 5.21 Å². The van der Waals surface area contributed by atoms with Gasteiger partial charge in [0, 0.05) is 0 Å². The maximum Gasteiger partial charge on any atom is 0.151 e. The van der Waals surface area contributed by atoms with Gasteiger partial charge in [0.25, 0.3) is 0 Å². The zero-order chi connectivity index (χ0) is 10.0. The highest BCUT2D eigenvalue weighted by Crippen LogP contribution is 2.23. The predicted molar refractivity (Wildman–Crippen MR) is 55.2 cm³/mol. The highest BCUT2D eigenvalue weighted by atomic mass is 127. The van der Waals surface area contributed by atoms with Gasteiger partial charge in [0.2, 0.25) is 0 Å². The zero-order valence-electron chi connectivity index (χ0n) is 7.21. The minimum atomic E-state index is -0.512. The molecule has 0 saturated carbocycles. The van der Waals surface area contributed by atoms with Crippen molar-refractivity contribution in [2.75, 3.05) is 5.23 Å². The van der Waals surface area contributed by atoms with Gasteiger partial charge in [-0.15, -0.1) is 5.23 Å². The number of anilines is 1. The van der Waals surface area contributed by atoms with Crippen molar-refractivity contribution in [3.63, 3.8) is 0 Å². The highest BCUT2D eigenvalue weighted by Gasteiger charge is 2.11. The lowest BCUT2D eigenvalue weighted by molar-refractivity contribution is 0.0886. The number of benzene rings is 1. The van der Waals surface area contributed by atoms with Crippen LogP contribution in [0.5, 0.6) is 0 Å². The van der Waals surface area contributed by atoms with E-state index < -0.39 is 5.82 Å². The van der Waals surface area contributed by atoms with Crippen LogP contribution in [0.15, 0.2) is 12.1 Å². The van der Waals surface area contributed by atoms with Gasteiger partial charge >= 0.3 is 0 Å². The molecular weight excluding hydrogens is 288 g/mol. The molecule has 0 aliphatic heterocycles. The molecule has 5 heteroatoms. The summed E-state index contributed by atoms with van der Waals surface area (Å²) in [5.41, 5.74) is 1.74. The Hall–Kier alpha value is -0.400. The van der Waals surface area contributed by atoms with E-state index in [4.69, 9.17) is 5.21 Å². The maximum absolute atomic E-state index is 13.2. The second kappa shape index (κ2) is 4.21. The summed E-state index contributed by atoms with van der Waals surface area (Å²) >= 11 is 1.46. The number of nitrogens with zero attached hydrogens (tertiary/aromatic N) is 1. The quantitative estimate of drug-likeness (QED) is 0.673. The standard InChI is InChI=1S/C8H9FINO2/c1-5-3-7(9)8(4-6(5)2)11(12)13-10/h3-4,12H,1-2H3. The highest BCUT2D eigenvalue weighted by molar-refractivity contribution is 14.1. The van der Waals surface area contributed by atoms with E-state index in [2.05, 4.69) is 3.17 Å². The summed E-state index contributed by atoms with van der Waals surface area (Å²) in [5.74, 6) is -0.512. The Kier molecular flexibility index (Phi) is 3.46. The van der Waals surface area contributed by atoms with Crippen LogP contribution in [-0.2, 0) is 3.17 Å². The Balaban J connectivity index is 3.15. The fraction of sp³-hybridized carbons (Fsp3) is 0.250. The molecule has 0 amide bonds. The summed E-state index contributed by atoms with van der Waals surface area (Å²) in [4.78, 5) is 0. The third-order valence-electron chi connectivity index (χ3n) is 1.83. The van der Waals surface area contributed by atoms with E-state index in [1.165, 1.54) is 35.1 Å². The Labute approximate surface area is 89.7 Å². The first kappa shape index (κ1) is 10.7. The molecule has 0 unspecified atom stereocenters. The average molecular weight is 297 g/mol. The summed E-state index contributed by atoms with van der Waals surface area (Å²) < 4.78 is 17.6. The lowest BCUT2D eigenvalue weighted by Crippen LogP contribution is -2.14. The summed E-state index contributed by atoms with van der Waals surface area (Å²) in [7, 11) is 0. The van der Waals surface area contributed by atoms with Gasteiger partial charge < -0.3 is 0 Å². The first-order valence-corrected chi connectivity index (χ1v) is 4.48. The molecule has 0 heterocycles. The average Bonchev–Trinajstić information content (AvgIpc) is 2.10. The first-order valence-electron chi connectivity index (χ1n) is 3.60. The molecule has 0 fully saturated rings. The van der Waals surface area contributed by atoms with Crippen LogP contribution in [0.1, 0.15) is 11.1 Å². The van der Waals surface area contributed by atoms with Crippen LogP contribution in [0, 0.1) is 19.7 Å². The number of aryl methyl sites for hydroxylation is 2. The largest absolute Gasteiger partial charge is 0.263 e. The SMILES string of the molecule is Cc1cc(F)c(N(O)OI)cc1C. The smallest absolute Gasteiger partial charge is 0.151 e. The minimum absolute atomic E-state index is 0.0116. The lowest BCUT2D eigenvalue weighted by Gasteiger charge is -2.13. The monoisotopic (exact) mass is 297 g/mol. The second-order valence-electron chi connectivity index (χ2n) is 2.73. The number of rotatable bonds is 2. The van der Waals surface area contributed by atoms with E-state index in [1.54, 1.807) is 6.92 Å². The fourth-order valence-electron chi connectivity index (χ4n) is 0.949. The molecular formula is C8H9FINO2. The summed E-state index contributed by atoms with van der Waals surface area (Å²) in [5, 5.41) is 9.48. The fourth-order valence-corrected chi connectivity index (χ4v) is 1.16. The van der Waals surface area contributed by atoms with Crippen LogP contribution in [0.2, 0.25) is 0 Å². The normalized spacial score (nSPS) is 10.2. The van der Waals surface area contributed by atoms with Crippen LogP contribution < -0.4 is 5.23 Å². The van der Waals surface area contributed by atoms with E-state index in [1.807, 2.05) is 6.92 Å². The van der Waals surface area contributed by atoms with Gasteiger partial charge in [0.15, 0.2) is 5.82 Å². The molecule has 0 bridgehead atoms. The van der Waals surface area contributed by atoms with Gasteiger partial charge in [-0.25, -0.2) is 4.39 Å². The topological polar surface area (TPSA) is 32.7 Å². The maximum atomic E-state index is 13.2. The third kappa shape index (κ3) is 2.29. The minimum Gasteiger partial charge on any atom is -0.263 e. The van der Waals surface area contributed by atoms with Crippen molar-refractivity contribution in [3.05, 3.63) is 29.1 Å². The zero-order valence-corrected chi connectivity index (χ0v) is 9.37. The first-order chi connectivity index (χ1) is 6.06. The van der Waals surface area contributed by atoms with E-state index in [0.717, 1.165) is 11.1 Å². The Morgan fingerprint density at radius 1 is 1.38 bits per heavy atom. The van der Waals surface area contributed by atoms with E-state index in [9.17, 15) is 4.39 Å². The van der Waals surface area contributed by atoms with Crippen molar-refractivity contribution < 1.29 is 12.8 Å². The molecule has 0 atom stereocenters. The molecule has 0 saturated heterocycles. The van der Waals surface area contributed by atoms with Crippen molar-refractivity contribution in [1.82, 2.24) is 0 Å². The Bertz CT molecular complexity index is 319. The van der Waals surface area contributed by atoms with E-state index >= 15 is 0 Å². The summed E-state index contributed by atoms with van der Waals surface area (Å²) in [6.07, 6.45) is 0. The van der Waals surface area contributed by atoms with E-state index in [-0.39, 0.29) is 5.69 Å². The van der Waals surface area contributed by atoms with Gasteiger partial charge in [0.1, 0.15) is 28.7 Å². The molecule has 0 aliphatic carbocycles. The van der Waals surface area contributed by atoms with Crippen molar-refractivity contribution in [1.29, 1.82) is 0 Å². The number of hydrogen-bond acceptors (Lipinski definition) is 3. The van der Waals surface area contributed by atoms with Crippen molar-refractivity contribution in [2.45, 2.75) is 13.8 Å². The van der Waals surface area contributed by atoms with Crippen molar-refractivity contribution >= 4 is 28.7 Å². The number of halogens is 2. The van der Waals surface area contributed by atoms with Gasteiger partial charge in [-0.05, 0) is 37.1 Å². The molecule has 1 rings (SSSR count). The Morgan fingerprint density at radius 3 is 2.46 bits per heavy atom. The Morgan fingerprint density at radius 2 is 1.92 bits per heavy atom. The molecule has 3 nitrogen and oxygen atoms in total. The molecule has 0 aromatic heterocycles. The van der Waals surface area contributed by atoms with Crippen molar-refractivity contribution in [2.24, 2.45) is 0 Å². The molecule has 1 aromatic rings. The molecule has 1 N–H and O–H groups in total. The van der Waals surface area contributed by atoms with Gasteiger partial charge in [-0.1, -0.05) is 0 Å². The summed E-state index contributed by atoms with van der Waals surface area (Å²) in [6, 6.07) is 2.87. The van der Waals surface area contributed by atoms with Crippen LogP contribution in [0.4, 0.5) is 10.1 Å². The summed E-state index contributed by atoms with van der Waals surface area (Å²) in [6.45, 7) is 3.63. The van der Waals surface area contributed by atoms with Gasteiger partial charge in [-0.2, -0.15) is 3.17 Å².